The van der Waals surface area contributed by atoms with Crippen molar-refractivity contribution < 1.29 is 27.4 Å². The summed E-state index contributed by atoms with van der Waals surface area (Å²) >= 11 is 6.35. The number of ether oxygens (including phenoxy) is 2. The Morgan fingerprint density at radius 1 is 1.09 bits per heavy atom. The first-order chi connectivity index (χ1) is 16.0. The topological polar surface area (TPSA) is 86.8 Å². The molecule has 2 aromatic carbocycles. The number of carbonyl (C=O) groups is 1. The second-order valence-electron chi connectivity index (χ2n) is 7.91. The smallest absolute Gasteiger partial charge is 0.490 e. The minimum atomic E-state index is -4.76. The molecule has 0 saturated carbocycles. The maximum atomic E-state index is 12.9. The van der Waals surface area contributed by atoms with Crippen LogP contribution in [0.2, 0.25) is 5.02 Å². The van der Waals surface area contributed by atoms with Crippen molar-refractivity contribution in [2.75, 3.05) is 18.0 Å². The molecule has 11 heteroatoms. The van der Waals surface area contributed by atoms with Crippen LogP contribution in [0.5, 0.6) is 11.5 Å². The summed E-state index contributed by atoms with van der Waals surface area (Å²) in [6.45, 7) is 0.935. The van der Waals surface area contributed by atoms with Gasteiger partial charge in [-0.2, -0.15) is 0 Å². The van der Waals surface area contributed by atoms with Crippen molar-refractivity contribution >= 4 is 34.1 Å². The lowest BCUT2D eigenvalue weighted by Gasteiger charge is -2.35. The fourth-order valence-electron chi connectivity index (χ4n) is 4.21. The van der Waals surface area contributed by atoms with E-state index >= 15 is 0 Å². The number of hydrogen-bond acceptors (Lipinski definition) is 5. The standard InChI is InChI=1S/C23H21ClF3N3O4/c1-29-19-16(3-2-4-17(19)24)20(18(21(28)31)22(29)32)30-11-9-14(10-12-30)33-13-5-7-15(8-6-13)34-23(25,26)27/h2-8,14H,9-12H2,1H3,(H2,28,31). The molecule has 2 heterocycles. The zero-order valence-electron chi connectivity index (χ0n) is 18.1. The number of halogens is 4. The monoisotopic (exact) mass is 495 g/mol. The van der Waals surface area contributed by atoms with E-state index in [9.17, 15) is 22.8 Å². The SMILES string of the molecule is Cn1c(=O)c(C(N)=O)c(N2CCC(Oc3ccc(OC(F)(F)F)cc3)CC2)c2cccc(Cl)c21. The number of amides is 1. The van der Waals surface area contributed by atoms with Gasteiger partial charge in [0.2, 0.25) is 0 Å². The second-order valence-corrected chi connectivity index (χ2v) is 8.32. The van der Waals surface area contributed by atoms with Crippen LogP contribution in [0.25, 0.3) is 10.9 Å². The van der Waals surface area contributed by atoms with Crippen LogP contribution in [0, 0.1) is 0 Å². The van der Waals surface area contributed by atoms with Gasteiger partial charge in [0.15, 0.2) is 0 Å². The van der Waals surface area contributed by atoms with Crippen LogP contribution in [-0.2, 0) is 7.05 Å². The highest BCUT2D eigenvalue weighted by Gasteiger charge is 2.31. The van der Waals surface area contributed by atoms with Gasteiger partial charge in [-0.3, -0.25) is 9.59 Å². The fourth-order valence-corrected chi connectivity index (χ4v) is 4.51. The van der Waals surface area contributed by atoms with E-state index < -0.39 is 17.8 Å². The lowest BCUT2D eigenvalue weighted by molar-refractivity contribution is -0.274. The normalized spacial score (nSPS) is 14.9. The number of aryl methyl sites for hydroxylation is 1. The van der Waals surface area contributed by atoms with Crippen molar-refractivity contribution in [3.05, 3.63) is 63.4 Å². The summed E-state index contributed by atoms with van der Waals surface area (Å²) in [4.78, 5) is 27.1. The van der Waals surface area contributed by atoms with E-state index in [1.807, 2.05) is 4.90 Å². The van der Waals surface area contributed by atoms with E-state index in [0.29, 0.717) is 53.3 Å². The van der Waals surface area contributed by atoms with Crippen molar-refractivity contribution in [2.24, 2.45) is 12.8 Å². The van der Waals surface area contributed by atoms with Gasteiger partial charge in [-0.1, -0.05) is 23.7 Å². The van der Waals surface area contributed by atoms with Crippen molar-refractivity contribution in [1.29, 1.82) is 0 Å². The first kappa shape index (κ1) is 23.7. The summed E-state index contributed by atoms with van der Waals surface area (Å²) in [5.74, 6) is -0.738. The fraction of sp³-hybridized carbons (Fsp3) is 0.304. The number of aromatic nitrogens is 1. The molecule has 0 atom stereocenters. The van der Waals surface area contributed by atoms with Crippen LogP contribution in [0.4, 0.5) is 18.9 Å². The highest BCUT2D eigenvalue weighted by atomic mass is 35.5. The average molecular weight is 496 g/mol. The van der Waals surface area contributed by atoms with Crippen LogP contribution in [-0.4, -0.2) is 36.0 Å². The van der Waals surface area contributed by atoms with Crippen LogP contribution in [0.1, 0.15) is 23.2 Å². The quantitative estimate of drug-likeness (QED) is 0.572. The van der Waals surface area contributed by atoms with Gasteiger partial charge in [-0.05, 0) is 30.3 Å². The molecule has 1 aromatic heterocycles. The molecule has 1 saturated heterocycles. The molecule has 0 unspecified atom stereocenters. The maximum absolute atomic E-state index is 12.9. The summed E-state index contributed by atoms with van der Waals surface area (Å²) in [6, 6.07) is 10.4. The number of rotatable bonds is 5. The summed E-state index contributed by atoms with van der Waals surface area (Å²) in [7, 11) is 1.54. The Labute approximate surface area is 197 Å². The van der Waals surface area contributed by atoms with Gasteiger partial charge < -0.3 is 24.7 Å². The van der Waals surface area contributed by atoms with Crippen LogP contribution in [0.3, 0.4) is 0 Å². The van der Waals surface area contributed by atoms with E-state index in [1.54, 1.807) is 18.2 Å². The average Bonchev–Trinajstić information content (AvgIpc) is 2.77. The molecule has 1 aliphatic heterocycles. The molecule has 1 aliphatic rings. The van der Waals surface area contributed by atoms with Gasteiger partial charge in [0, 0.05) is 38.4 Å². The molecule has 0 aliphatic carbocycles. The van der Waals surface area contributed by atoms with Gasteiger partial charge in [0.05, 0.1) is 16.2 Å². The molecule has 4 rings (SSSR count). The molecule has 0 bridgehead atoms. The Morgan fingerprint density at radius 2 is 1.71 bits per heavy atom. The van der Waals surface area contributed by atoms with E-state index in [4.69, 9.17) is 22.1 Å². The van der Waals surface area contributed by atoms with Gasteiger partial charge in [-0.15, -0.1) is 13.2 Å². The number of primary amides is 1. The number of anilines is 1. The predicted molar refractivity (Wildman–Crippen MR) is 122 cm³/mol. The molecule has 3 aromatic rings. The van der Waals surface area contributed by atoms with Gasteiger partial charge in [-0.25, -0.2) is 0 Å². The third kappa shape index (κ3) is 4.77. The number of fused-ring (bicyclic) bond motifs is 1. The number of para-hydroxylation sites is 1. The number of piperidine rings is 1. The van der Waals surface area contributed by atoms with Crippen LogP contribution < -0.4 is 25.7 Å². The van der Waals surface area contributed by atoms with Crippen LogP contribution in [0.15, 0.2) is 47.3 Å². The first-order valence-electron chi connectivity index (χ1n) is 10.4. The number of pyridine rings is 1. The lowest BCUT2D eigenvalue weighted by Crippen LogP contribution is -2.41. The van der Waals surface area contributed by atoms with E-state index in [2.05, 4.69) is 4.74 Å². The number of hydrogen-bond donors (Lipinski definition) is 1. The minimum absolute atomic E-state index is 0.100. The number of carbonyl (C=O) groups excluding carboxylic acids is 1. The minimum Gasteiger partial charge on any atom is -0.490 e. The summed E-state index contributed by atoms with van der Waals surface area (Å²) in [6.07, 6.45) is -3.86. The van der Waals surface area contributed by atoms with Crippen molar-refractivity contribution in [2.45, 2.75) is 25.3 Å². The molecule has 2 N–H and O–H groups in total. The zero-order chi connectivity index (χ0) is 24.6. The third-order valence-corrected chi connectivity index (χ3v) is 6.00. The summed E-state index contributed by atoms with van der Waals surface area (Å²) < 4.78 is 48.1. The largest absolute Gasteiger partial charge is 0.573 e. The highest BCUT2D eigenvalue weighted by Crippen LogP contribution is 2.34. The molecule has 0 spiro atoms. The Hall–Kier alpha value is -3.40. The second kappa shape index (κ2) is 9.09. The van der Waals surface area contributed by atoms with E-state index in [0.717, 1.165) is 0 Å². The van der Waals surface area contributed by atoms with Crippen molar-refractivity contribution in [3.63, 3.8) is 0 Å². The van der Waals surface area contributed by atoms with Gasteiger partial charge >= 0.3 is 6.36 Å². The molecule has 1 fully saturated rings. The maximum Gasteiger partial charge on any atom is 0.573 e. The molecular weight excluding hydrogens is 475 g/mol. The Balaban J connectivity index is 1.55. The van der Waals surface area contributed by atoms with Gasteiger partial charge in [0.25, 0.3) is 11.5 Å². The molecule has 180 valence electrons. The lowest BCUT2D eigenvalue weighted by atomic mass is 10.0. The first-order valence-corrected chi connectivity index (χ1v) is 10.8. The summed E-state index contributed by atoms with van der Waals surface area (Å²) in [5, 5.41) is 1.02. The number of alkyl halides is 3. The van der Waals surface area contributed by atoms with Crippen molar-refractivity contribution in [3.8, 4) is 11.5 Å². The van der Waals surface area contributed by atoms with Gasteiger partial charge in [0.1, 0.15) is 23.2 Å². The molecule has 0 radical (unpaired) electrons. The third-order valence-electron chi connectivity index (χ3n) is 5.70. The van der Waals surface area contributed by atoms with E-state index in [1.165, 1.54) is 35.9 Å². The van der Waals surface area contributed by atoms with E-state index in [-0.39, 0.29) is 17.4 Å². The number of nitrogens with two attached hydrogens (primary N) is 1. The molecular formula is C23H21ClF3N3O4. The highest BCUT2D eigenvalue weighted by molar-refractivity contribution is 6.35. The molecule has 34 heavy (non-hydrogen) atoms. The Kier molecular flexibility index (Phi) is 6.35. The number of benzene rings is 2. The predicted octanol–water partition coefficient (Wildman–Crippen LogP) is 4.24. The Bertz CT molecular complexity index is 1280. The molecule has 7 nitrogen and oxygen atoms in total. The molecule has 1 amide bonds. The van der Waals surface area contributed by atoms with Crippen LogP contribution >= 0.6 is 11.6 Å². The number of nitrogens with zero attached hydrogens (tertiary/aromatic N) is 2. The van der Waals surface area contributed by atoms with Crippen molar-refractivity contribution in [1.82, 2.24) is 4.57 Å². The Morgan fingerprint density at radius 3 is 2.29 bits per heavy atom. The summed E-state index contributed by atoms with van der Waals surface area (Å²) in [5.41, 5.74) is 5.91. The zero-order valence-corrected chi connectivity index (χ0v) is 18.8.